The van der Waals surface area contributed by atoms with E-state index in [0.29, 0.717) is 11.3 Å². The van der Waals surface area contributed by atoms with Crippen LogP contribution in [0.4, 0.5) is 11.4 Å². The largest absolute Gasteiger partial charge is 0.399 e. The fraction of sp³-hybridized carbons (Fsp3) is 0.0714. The molecule has 0 aromatic heterocycles. The summed E-state index contributed by atoms with van der Waals surface area (Å²) in [5, 5.41) is 2.84. The summed E-state index contributed by atoms with van der Waals surface area (Å²) in [7, 11) is 0. The molecule has 0 aliphatic carbocycles. The van der Waals surface area contributed by atoms with E-state index in [1.54, 1.807) is 18.2 Å². The summed E-state index contributed by atoms with van der Waals surface area (Å²) in [6.07, 6.45) is 0. The molecule has 0 heterocycles. The lowest BCUT2D eigenvalue weighted by Gasteiger charge is -2.08. The van der Waals surface area contributed by atoms with Crippen LogP contribution in [0.1, 0.15) is 15.9 Å². The van der Waals surface area contributed by atoms with Crippen LogP contribution in [0.3, 0.4) is 0 Å². The van der Waals surface area contributed by atoms with Gasteiger partial charge >= 0.3 is 0 Å². The second kappa shape index (κ2) is 5.75. The minimum absolute atomic E-state index is 0.191. The van der Waals surface area contributed by atoms with Crippen LogP contribution in [0.5, 0.6) is 0 Å². The Labute approximate surface area is 128 Å². The summed E-state index contributed by atoms with van der Waals surface area (Å²) in [6.45, 7) is 1.99. The molecule has 0 spiro atoms. The molecule has 0 atom stereocenters. The topological polar surface area (TPSA) is 55.1 Å². The lowest BCUT2D eigenvalue weighted by molar-refractivity contribution is 0.102. The molecule has 0 unspecified atom stereocenters. The molecule has 19 heavy (non-hydrogen) atoms. The number of rotatable bonds is 2. The summed E-state index contributed by atoms with van der Waals surface area (Å²) in [4.78, 5) is 12.1. The number of nitrogen functional groups attached to an aromatic ring is 1. The summed E-state index contributed by atoms with van der Waals surface area (Å²) >= 11 is 6.76. The summed E-state index contributed by atoms with van der Waals surface area (Å²) in [6, 6.07) is 10.8. The van der Waals surface area contributed by atoms with Gasteiger partial charge in [0.2, 0.25) is 0 Å². The molecule has 0 saturated heterocycles. The molecule has 3 N–H and O–H groups in total. The number of aryl methyl sites for hydroxylation is 1. The Hall–Kier alpha value is -1.33. The lowest BCUT2D eigenvalue weighted by Crippen LogP contribution is -2.12. The van der Waals surface area contributed by atoms with Gasteiger partial charge in [0.05, 0.1) is 0 Å². The molecule has 3 nitrogen and oxygen atoms in total. The second-order valence-electron chi connectivity index (χ2n) is 4.19. The summed E-state index contributed by atoms with van der Waals surface area (Å²) < 4.78 is 1.74. The van der Waals surface area contributed by atoms with Gasteiger partial charge in [0, 0.05) is 25.9 Å². The molecular formula is C14H12Br2N2O. The number of carbonyl (C=O) groups is 1. The lowest BCUT2D eigenvalue weighted by atomic mass is 10.1. The van der Waals surface area contributed by atoms with Gasteiger partial charge in [-0.05, 0) is 42.8 Å². The molecule has 0 bridgehead atoms. The van der Waals surface area contributed by atoms with E-state index < -0.39 is 0 Å². The third kappa shape index (κ3) is 3.58. The van der Waals surface area contributed by atoms with Crippen molar-refractivity contribution in [3.05, 3.63) is 56.5 Å². The van der Waals surface area contributed by atoms with E-state index in [4.69, 9.17) is 5.73 Å². The second-order valence-corrected chi connectivity index (χ2v) is 5.96. The van der Waals surface area contributed by atoms with Crippen LogP contribution in [-0.4, -0.2) is 5.91 Å². The molecule has 0 saturated carbocycles. The van der Waals surface area contributed by atoms with Crippen molar-refractivity contribution >= 4 is 49.1 Å². The quantitative estimate of drug-likeness (QED) is 0.757. The molecule has 0 aliphatic heterocycles. The number of hydrogen-bond acceptors (Lipinski definition) is 2. The van der Waals surface area contributed by atoms with Gasteiger partial charge in [0.1, 0.15) is 0 Å². The van der Waals surface area contributed by atoms with E-state index in [9.17, 15) is 4.79 Å². The predicted molar refractivity (Wildman–Crippen MR) is 85.4 cm³/mol. The Morgan fingerprint density at radius 1 is 1.16 bits per heavy atom. The van der Waals surface area contributed by atoms with Gasteiger partial charge in [-0.2, -0.15) is 0 Å². The van der Waals surface area contributed by atoms with Crippen molar-refractivity contribution in [1.29, 1.82) is 0 Å². The first kappa shape index (κ1) is 14.1. The minimum atomic E-state index is -0.191. The Morgan fingerprint density at radius 3 is 2.53 bits per heavy atom. The summed E-state index contributed by atoms with van der Waals surface area (Å²) in [5.74, 6) is -0.191. The first-order valence-electron chi connectivity index (χ1n) is 5.59. The number of nitrogens with one attached hydrogen (secondary N) is 1. The average molecular weight is 384 g/mol. The zero-order chi connectivity index (χ0) is 14.0. The standard InChI is InChI=1S/C14H12Br2N2O/c1-8-2-3-12(7-13(8)16)18-14(19)9-4-10(15)6-11(17)5-9/h2-7H,17H2,1H3,(H,18,19). The molecule has 0 fully saturated rings. The normalized spacial score (nSPS) is 10.3. The maximum atomic E-state index is 12.1. The van der Waals surface area contributed by atoms with E-state index in [-0.39, 0.29) is 5.91 Å². The summed E-state index contributed by atoms with van der Waals surface area (Å²) in [5.41, 5.74) is 8.63. The van der Waals surface area contributed by atoms with Crippen LogP contribution in [0.2, 0.25) is 0 Å². The van der Waals surface area contributed by atoms with Crippen molar-refractivity contribution in [2.24, 2.45) is 0 Å². The van der Waals surface area contributed by atoms with Crippen molar-refractivity contribution < 1.29 is 4.79 Å². The third-order valence-electron chi connectivity index (χ3n) is 2.61. The maximum Gasteiger partial charge on any atom is 0.255 e. The van der Waals surface area contributed by atoms with Gasteiger partial charge in [-0.15, -0.1) is 0 Å². The van der Waals surface area contributed by atoms with Gasteiger partial charge in [-0.1, -0.05) is 37.9 Å². The fourth-order valence-corrected chi connectivity index (χ4v) is 2.51. The molecule has 2 aromatic carbocycles. The molecule has 1 amide bonds. The van der Waals surface area contributed by atoms with E-state index in [2.05, 4.69) is 37.2 Å². The highest BCUT2D eigenvalue weighted by Gasteiger charge is 2.08. The zero-order valence-electron chi connectivity index (χ0n) is 10.2. The highest BCUT2D eigenvalue weighted by Crippen LogP contribution is 2.22. The Balaban J connectivity index is 2.22. The van der Waals surface area contributed by atoms with Gasteiger partial charge in [0.25, 0.3) is 5.91 Å². The number of halogens is 2. The van der Waals surface area contributed by atoms with Crippen LogP contribution >= 0.6 is 31.9 Å². The number of carbonyl (C=O) groups excluding carboxylic acids is 1. The minimum Gasteiger partial charge on any atom is -0.399 e. The average Bonchev–Trinajstić information content (AvgIpc) is 2.32. The third-order valence-corrected chi connectivity index (χ3v) is 3.92. The van der Waals surface area contributed by atoms with E-state index in [0.717, 1.165) is 20.2 Å². The van der Waals surface area contributed by atoms with E-state index >= 15 is 0 Å². The van der Waals surface area contributed by atoms with Gasteiger partial charge in [0.15, 0.2) is 0 Å². The van der Waals surface area contributed by atoms with Crippen LogP contribution in [-0.2, 0) is 0 Å². The van der Waals surface area contributed by atoms with Crippen molar-refractivity contribution in [2.45, 2.75) is 6.92 Å². The van der Waals surface area contributed by atoms with Crippen LogP contribution in [0.25, 0.3) is 0 Å². The molecule has 0 aliphatic rings. The maximum absolute atomic E-state index is 12.1. The van der Waals surface area contributed by atoms with Gasteiger partial charge in [-0.25, -0.2) is 0 Å². The molecule has 5 heteroatoms. The number of benzene rings is 2. The monoisotopic (exact) mass is 382 g/mol. The smallest absolute Gasteiger partial charge is 0.255 e. The van der Waals surface area contributed by atoms with E-state index in [1.807, 2.05) is 25.1 Å². The van der Waals surface area contributed by atoms with E-state index in [1.165, 1.54) is 0 Å². The first-order chi connectivity index (χ1) is 8.95. The van der Waals surface area contributed by atoms with Crippen LogP contribution < -0.4 is 11.1 Å². The fourth-order valence-electron chi connectivity index (χ4n) is 1.62. The Kier molecular flexibility index (Phi) is 4.27. The zero-order valence-corrected chi connectivity index (χ0v) is 13.4. The highest BCUT2D eigenvalue weighted by molar-refractivity contribution is 9.10. The molecule has 2 aromatic rings. The molecule has 0 radical (unpaired) electrons. The van der Waals surface area contributed by atoms with Crippen molar-refractivity contribution in [2.75, 3.05) is 11.1 Å². The number of anilines is 2. The van der Waals surface area contributed by atoms with Crippen molar-refractivity contribution in [3.8, 4) is 0 Å². The number of nitrogens with two attached hydrogens (primary N) is 1. The van der Waals surface area contributed by atoms with Crippen molar-refractivity contribution in [3.63, 3.8) is 0 Å². The number of hydrogen-bond donors (Lipinski definition) is 2. The highest BCUT2D eigenvalue weighted by atomic mass is 79.9. The molecule has 2 rings (SSSR count). The van der Waals surface area contributed by atoms with Gasteiger partial charge in [-0.3, -0.25) is 4.79 Å². The number of amides is 1. The van der Waals surface area contributed by atoms with Crippen LogP contribution in [0.15, 0.2) is 45.3 Å². The van der Waals surface area contributed by atoms with Crippen molar-refractivity contribution in [1.82, 2.24) is 0 Å². The Bertz CT molecular complexity index is 621. The van der Waals surface area contributed by atoms with Crippen LogP contribution in [0, 0.1) is 6.92 Å². The molecular weight excluding hydrogens is 372 g/mol. The Morgan fingerprint density at radius 2 is 1.89 bits per heavy atom. The van der Waals surface area contributed by atoms with Gasteiger partial charge < -0.3 is 11.1 Å². The SMILES string of the molecule is Cc1ccc(NC(=O)c2cc(N)cc(Br)c2)cc1Br. The molecule has 98 valence electrons. The first-order valence-corrected chi connectivity index (χ1v) is 7.18. The predicted octanol–water partition coefficient (Wildman–Crippen LogP) is 4.35.